The predicted molar refractivity (Wildman–Crippen MR) is 123 cm³/mol. The molecular weight excluding hydrogens is 463 g/mol. The Morgan fingerprint density at radius 2 is 1.87 bits per heavy atom. The molecule has 10 heteroatoms. The van der Waals surface area contributed by atoms with Crippen LogP contribution in [0.25, 0.3) is 6.08 Å². The molecule has 31 heavy (non-hydrogen) atoms. The van der Waals surface area contributed by atoms with Gasteiger partial charge in [-0.2, -0.15) is 0 Å². The van der Waals surface area contributed by atoms with Crippen LogP contribution in [0.3, 0.4) is 0 Å². The molecule has 0 aliphatic carbocycles. The van der Waals surface area contributed by atoms with Crippen LogP contribution in [0.2, 0.25) is 10.0 Å². The molecule has 1 heterocycles. The number of aliphatic carboxylic acids is 1. The summed E-state index contributed by atoms with van der Waals surface area (Å²) in [7, 11) is 1.59. The molecule has 2 aromatic rings. The van der Waals surface area contributed by atoms with E-state index in [1.54, 1.807) is 42.4 Å². The van der Waals surface area contributed by atoms with Gasteiger partial charge in [-0.1, -0.05) is 23.2 Å². The van der Waals surface area contributed by atoms with Crippen molar-refractivity contribution in [3.05, 3.63) is 56.9 Å². The lowest BCUT2D eigenvalue weighted by atomic mass is 10.2. The maximum absolute atomic E-state index is 12.8. The van der Waals surface area contributed by atoms with Gasteiger partial charge in [0, 0.05) is 6.54 Å². The summed E-state index contributed by atoms with van der Waals surface area (Å²) < 4.78 is 10.3. The van der Waals surface area contributed by atoms with Crippen molar-refractivity contribution >= 4 is 63.8 Å². The number of carboxylic acids is 1. The van der Waals surface area contributed by atoms with Crippen LogP contribution in [0.1, 0.15) is 12.5 Å². The number of carboxylic acid groups (broad SMARTS) is 1. The molecule has 0 radical (unpaired) electrons. The van der Waals surface area contributed by atoms with Crippen molar-refractivity contribution in [1.29, 1.82) is 0 Å². The number of benzene rings is 2. The molecule has 1 saturated heterocycles. The molecule has 3 rings (SSSR count). The highest BCUT2D eigenvalue weighted by Gasteiger charge is 2.32. The monoisotopic (exact) mass is 480 g/mol. The van der Waals surface area contributed by atoms with Crippen molar-refractivity contribution in [2.45, 2.75) is 6.92 Å². The number of hydrogen-bond acceptors (Lipinski definition) is 6. The smallest absolute Gasteiger partial charge is 0.341 e. The summed E-state index contributed by atoms with van der Waals surface area (Å²) in [6, 6.07) is 10.3. The van der Waals surface area contributed by atoms with Crippen LogP contribution in [0.15, 0.2) is 46.3 Å². The van der Waals surface area contributed by atoms with Crippen molar-refractivity contribution < 1.29 is 24.2 Å². The minimum Gasteiger partial charge on any atom is -0.497 e. The van der Waals surface area contributed by atoms with E-state index >= 15 is 0 Å². The normalized spacial score (nSPS) is 16.3. The molecule has 0 atom stereocenters. The number of aliphatic imine (C=N–C) groups is 1. The first-order valence-corrected chi connectivity index (χ1v) is 10.7. The van der Waals surface area contributed by atoms with Crippen LogP contribution in [0, 0.1) is 0 Å². The zero-order valence-electron chi connectivity index (χ0n) is 16.6. The summed E-state index contributed by atoms with van der Waals surface area (Å²) in [5.41, 5.74) is 1.28. The average Bonchev–Trinajstić information content (AvgIpc) is 3.01. The molecule has 162 valence electrons. The largest absolute Gasteiger partial charge is 0.497 e. The van der Waals surface area contributed by atoms with E-state index in [1.165, 1.54) is 11.8 Å². The summed E-state index contributed by atoms with van der Waals surface area (Å²) in [5.74, 6) is -0.528. The number of likely N-dealkylation sites (N-methyl/N-ethyl adjacent to an activating group) is 1. The standard InChI is InChI=1S/C21H18Cl2N2O5S/c1-3-25-20(28)17(31-21(25)24-13-4-6-14(29-2)7-5-13)10-12-8-15(22)19(16(23)9-12)30-11-18(26)27/h4-10H,3,11H2,1-2H3,(H,26,27)/b17-10+,24-21?. The predicted octanol–water partition coefficient (Wildman–Crippen LogP) is 5.09. The van der Waals surface area contributed by atoms with E-state index in [1.807, 2.05) is 19.1 Å². The molecule has 1 N–H and O–H groups in total. The van der Waals surface area contributed by atoms with Crippen molar-refractivity contribution in [3.63, 3.8) is 0 Å². The molecule has 7 nitrogen and oxygen atoms in total. The van der Waals surface area contributed by atoms with Crippen LogP contribution in [-0.2, 0) is 9.59 Å². The zero-order valence-corrected chi connectivity index (χ0v) is 18.9. The molecule has 0 unspecified atom stereocenters. The number of rotatable bonds is 7. The fourth-order valence-electron chi connectivity index (χ4n) is 2.72. The third-order valence-electron chi connectivity index (χ3n) is 4.16. The minimum absolute atomic E-state index is 0.0789. The lowest BCUT2D eigenvalue weighted by Gasteiger charge is -2.12. The molecule has 1 amide bonds. The number of ether oxygens (including phenoxy) is 2. The lowest BCUT2D eigenvalue weighted by molar-refractivity contribution is -0.139. The van der Waals surface area contributed by atoms with Crippen LogP contribution in [-0.4, -0.2) is 47.3 Å². The van der Waals surface area contributed by atoms with Crippen molar-refractivity contribution in [3.8, 4) is 11.5 Å². The van der Waals surface area contributed by atoms with Gasteiger partial charge in [-0.15, -0.1) is 0 Å². The number of methoxy groups -OCH3 is 1. The van der Waals surface area contributed by atoms with Crippen molar-refractivity contribution in [2.24, 2.45) is 4.99 Å². The fraction of sp³-hybridized carbons (Fsp3) is 0.190. The fourth-order valence-corrected chi connectivity index (χ4v) is 4.40. The Hall–Kier alpha value is -2.68. The molecule has 0 bridgehead atoms. The minimum atomic E-state index is -1.14. The molecule has 2 aromatic carbocycles. The van der Waals surface area contributed by atoms with Gasteiger partial charge >= 0.3 is 5.97 Å². The number of amides is 1. The van der Waals surface area contributed by atoms with E-state index in [2.05, 4.69) is 4.99 Å². The van der Waals surface area contributed by atoms with Crippen molar-refractivity contribution in [1.82, 2.24) is 4.90 Å². The number of hydrogen-bond donors (Lipinski definition) is 1. The first-order chi connectivity index (χ1) is 14.8. The Morgan fingerprint density at radius 3 is 2.42 bits per heavy atom. The molecular formula is C21H18Cl2N2O5S. The maximum atomic E-state index is 12.8. The third-order valence-corrected chi connectivity index (χ3v) is 5.73. The van der Waals surface area contributed by atoms with Crippen LogP contribution in [0.4, 0.5) is 5.69 Å². The summed E-state index contributed by atoms with van der Waals surface area (Å²) in [5, 5.41) is 9.61. The van der Waals surface area contributed by atoms with Gasteiger partial charge in [0.1, 0.15) is 5.75 Å². The molecule has 0 saturated carbocycles. The van der Waals surface area contributed by atoms with Gasteiger partial charge in [0.15, 0.2) is 17.5 Å². The van der Waals surface area contributed by atoms with Crippen LogP contribution in [0.5, 0.6) is 11.5 Å². The molecule has 0 aromatic heterocycles. The topological polar surface area (TPSA) is 88.4 Å². The van der Waals surface area contributed by atoms with Gasteiger partial charge in [-0.25, -0.2) is 9.79 Å². The summed E-state index contributed by atoms with van der Waals surface area (Å²) in [4.78, 5) is 30.1. The first-order valence-electron chi connectivity index (χ1n) is 9.10. The second-order valence-corrected chi connectivity index (χ2v) is 8.07. The number of thioether (sulfide) groups is 1. The highest BCUT2D eigenvalue weighted by Crippen LogP contribution is 2.38. The van der Waals surface area contributed by atoms with E-state index in [0.717, 1.165) is 5.75 Å². The summed E-state index contributed by atoms with van der Waals surface area (Å²) in [6.07, 6.45) is 1.66. The first kappa shape index (κ1) is 23.0. The molecule has 1 fully saturated rings. The Bertz CT molecular complexity index is 1050. The van der Waals surface area contributed by atoms with Crippen molar-refractivity contribution in [2.75, 3.05) is 20.3 Å². The van der Waals surface area contributed by atoms with Gasteiger partial charge in [-0.05, 0) is 66.7 Å². The van der Waals surface area contributed by atoms with E-state index < -0.39 is 12.6 Å². The Kier molecular flexibility index (Phi) is 7.48. The van der Waals surface area contributed by atoms with Gasteiger partial charge in [0.25, 0.3) is 5.91 Å². The highest BCUT2D eigenvalue weighted by atomic mass is 35.5. The van der Waals surface area contributed by atoms with Gasteiger partial charge in [0.2, 0.25) is 0 Å². The van der Waals surface area contributed by atoms with Gasteiger partial charge < -0.3 is 14.6 Å². The molecule has 1 aliphatic heterocycles. The summed E-state index contributed by atoms with van der Waals surface area (Å²) in [6.45, 7) is 1.76. The number of carbonyl (C=O) groups excluding carboxylic acids is 1. The Labute approximate surface area is 193 Å². The quantitative estimate of drug-likeness (QED) is 0.555. The van der Waals surface area contributed by atoms with Crippen LogP contribution < -0.4 is 9.47 Å². The zero-order chi connectivity index (χ0) is 22.5. The number of amidine groups is 1. The van der Waals surface area contributed by atoms with Crippen LogP contribution >= 0.6 is 35.0 Å². The second-order valence-electron chi connectivity index (χ2n) is 6.25. The molecule has 0 spiro atoms. The summed E-state index contributed by atoms with van der Waals surface area (Å²) >= 11 is 13.6. The Morgan fingerprint density at radius 1 is 1.23 bits per heavy atom. The SMILES string of the molecule is CCN1C(=O)/C(=C\c2cc(Cl)c(OCC(=O)O)c(Cl)c2)SC1=Nc1ccc(OC)cc1. The maximum Gasteiger partial charge on any atom is 0.341 e. The van der Waals surface area contributed by atoms with Gasteiger partial charge in [0.05, 0.1) is 27.7 Å². The number of nitrogens with zero attached hydrogens (tertiary/aromatic N) is 2. The Balaban J connectivity index is 1.87. The van der Waals surface area contributed by atoms with Gasteiger partial charge in [-0.3, -0.25) is 9.69 Å². The average molecular weight is 481 g/mol. The number of carbonyl (C=O) groups is 2. The van der Waals surface area contributed by atoms with E-state index in [9.17, 15) is 9.59 Å². The third kappa shape index (κ3) is 5.52. The van der Waals surface area contributed by atoms with E-state index in [4.69, 9.17) is 37.8 Å². The lowest BCUT2D eigenvalue weighted by Crippen LogP contribution is -2.28. The van der Waals surface area contributed by atoms with E-state index in [0.29, 0.717) is 27.9 Å². The van der Waals surface area contributed by atoms with E-state index in [-0.39, 0.29) is 21.7 Å². The molecule has 1 aliphatic rings. The highest BCUT2D eigenvalue weighted by molar-refractivity contribution is 8.18. The second kappa shape index (κ2) is 10.1. The number of halogens is 2.